The molecule has 106 valence electrons. The molecular formula is C13H21NO4Si. The fourth-order valence-electron chi connectivity index (χ4n) is 2.25. The van der Waals surface area contributed by atoms with Crippen LogP contribution in [0.4, 0.5) is 4.79 Å². The highest BCUT2D eigenvalue weighted by Gasteiger charge is 2.41. The van der Waals surface area contributed by atoms with Gasteiger partial charge in [-0.3, -0.25) is 4.90 Å². The minimum atomic E-state index is -1.19. The minimum absolute atomic E-state index is 0.0583. The molecule has 2 aliphatic heterocycles. The number of esters is 1. The van der Waals surface area contributed by atoms with Gasteiger partial charge in [0.25, 0.3) is 0 Å². The van der Waals surface area contributed by atoms with E-state index in [1.54, 1.807) is 4.90 Å². The lowest BCUT2D eigenvalue weighted by Crippen LogP contribution is -2.26. The molecule has 0 saturated carbocycles. The van der Waals surface area contributed by atoms with Crippen molar-refractivity contribution in [2.24, 2.45) is 0 Å². The van der Waals surface area contributed by atoms with Gasteiger partial charge in [-0.25, -0.2) is 9.59 Å². The molecule has 2 heterocycles. The van der Waals surface area contributed by atoms with Gasteiger partial charge < -0.3 is 9.47 Å². The smallest absolute Gasteiger partial charge is 0.415 e. The van der Waals surface area contributed by atoms with Crippen molar-refractivity contribution in [2.45, 2.75) is 44.6 Å². The maximum atomic E-state index is 11.7. The molecule has 5 nitrogen and oxygen atoms in total. The van der Waals surface area contributed by atoms with E-state index in [9.17, 15) is 9.59 Å². The number of carbonyl (C=O) groups excluding carboxylic acids is 2. The van der Waals surface area contributed by atoms with E-state index in [0.29, 0.717) is 18.9 Å². The van der Waals surface area contributed by atoms with E-state index in [2.05, 4.69) is 19.6 Å². The molecule has 2 aliphatic rings. The Morgan fingerprint density at radius 2 is 2.26 bits per heavy atom. The zero-order chi connectivity index (χ0) is 14.0. The lowest BCUT2D eigenvalue weighted by atomic mass is 10.2. The molecule has 6 heteroatoms. The Balaban J connectivity index is 1.87. The third kappa shape index (κ3) is 3.59. The van der Waals surface area contributed by atoms with E-state index in [0.717, 1.165) is 18.9 Å². The maximum absolute atomic E-state index is 11.7. The predicted octanol–water partition coefficient (Wildman–Crippen LogP) is 2.37. The highest BCUT2D eigenvalue weighted by molar-refractivity contribution is 6.76. The van der Waals surface area contributed by atoms with Crippen LogP contribution >= 0.6 is 0 Å². The number of amides is 1. The Bertz CT molecular complexity index is 413. The van der Waals surface area contributed by atoms with E-state index < -0.39 is 14.0 Å². The molecule has 0 bridgehead atoms. The van der Waals surface area contributed by atoms with Crippen molar-refractivity contribution < 1.29 is 19.1 Å². The normalized spacial score (nSPS) is 24.6. The van der Waals surface area contributed by atoms with E-state index in [4.69, 9.17) is 9.47 Å². The minimum Gasteiger partial charge on any atom is -0.463 e. The fraction of sp³-hybridized carbons (Fsp3) is 0.692. The number of carbonyl (C=O) groups is 2. The fourth-order valence-corrected chi connectivity index (χ4v) is 2.96. The summed E-state index contributed by atoms with van der Waals surface area (Å²) >= 11 is 0. The number of cyclic esters (lactones) is 1. The predicted molar refractivity (Wildman–Crippen MR) is 73.4 cm³/mol. The molecule has 0 spiro atoms. The van der Waals surface area contributed by atoms with Crippen LogP contribution < -0.4 is 0 Å². The number of ether oxygens (including phenoxy) is 2. The van der Waals surface area contributed by atoms with E-state index in [-0.39, 0.29) is 12.1 Å². The summed E-state index contributed by atoms with van der Waals surface area (Å²) in [4.78, 5) is 24.9. The number of hydrogen-bond donors (Lipinski definition) is 0. The van der Waals surface area contributed by atoms with Gasteiger partial charge in [0.05, 0.1) is 18.7 Å². The molecule has 0 aliphatic carbocycles. The number of hydrogen-bond acceptors (Lipinski definition) is 4. The molecule has 0 aromatic carbocycles. The van der Waals surface area contributed by atoms with Crippen LogP contribution in [0.5, 0.6) is 0 Å². The van der Waals surface area contributed by atoms with Crippen LogP contribution in [-0.4, -0.2) is 44.2 Å². The first-order chi connectivity index (χ1) is 8.87. The molecule has 0 N–H and O–H groups in total. The maximum Gasteiger partial charge on any atom is 0.415 e. The second kappa shape index (κ2) is 5.36. The molecule has 0 aromatic heterocycles. The first-order valence-corrected chi connectivity index (χ1v) is 10.4. The SMILES string of the molecule is C[Si](C)(C)CCOC(=O)/C=C1/OC(=O)N2CCC[C@@H]12. The molecule has 2 saturated heterocycles. The quantitative estimate of drug-likeness (QED) is 0.451. The monoisotopic (exact) mass is 283 g/mol. The summed E-state index contributed by atoms with van der Waals surface area (Å²) in [6, 6.07) is 0.883. The number of rotatable bonds is 4. The first kappa shape index (κ1) is 14.1. The lowest BCUT2D eigenvalue weighted by Gasteiger charge is -2.14. The zero-order valence-electron chi connectivity index (χ0n) is 11.8. The largest absolute Gasteiger partial charge is 0.463 e. The van der Waals surface area contributed by atoms with Gasteiger partial charge in [0, 0.05) is 14.6 Å². The van der Waals surface area contributed by atoms with Gasteiger partial charge in [0.2, 0.25) is 0 Å². The molecule has 0 radical (unpaired) electrons. The van der Waals surface area contributed by atoms with E-state index in [1.807, 2.05) is 0 Å². The van der Waals surface area contributed by atoms with Crippen LogP contribution in [0.15, 0.2) is 11.8 Å². The standard InChI is InChI=1S/C13H21NO4Si/c1-19(2,3)8-7-17-12(15)9-11-10-5-4-6-14(10)13(16)18-11/h9-10H,4-8H2,1-3H3/b11-9+/t10-/m0/s1. The van der Waals surface area contributed by atoms with Crippen LogP contribution in [0.2, 0.25) is 25.7 Å². The van der Waals surface area contributed by atoms with Crippen LogP contribution in [0, 0.1) is 0 Å². The van der Waals surface area contributed by atoms with Gasteiger partial charge in [-0.2, -0.15) is 0 Å². The Morgan fingerprint density at radius 1 is 1.53 bits per heavy atom. The topological polar surface area (TPSA) is 55.8 Å². The Kier molecular flexibility index (Phi) is 3.98. The van der Waals surface area contributed by atoms with E-state index in [1.165, 1.54) is 6.08 Å². The van der Waals surface area contributed by atoms with Gasteiger partial charge in [-0.05, 0) is 18.9 Å². The van der Waals surface area contributed by atoms with Gasteiger partial charge in [0.15, 0.2) is 0 Å². The molecular weight excluding hydrogens is 262 g/mol. The zero-order valence-corrected chi connectivity index (χ0v) is 12.8. The van der Waals surface area contributed by atoms with Crippen molar-refractivity contribution in [1.82, 2.24) is 4.90 Å². The van der Waals surface area contributed by atoms with Crippen molar-refractivity contribution in [1.29, 1.82) is 0 Å². The highest BCUT2D eigenvalue weighted by Crippen LogP contribution is 2.31. The van der Waals surface area contributed by atoms with Crippen LogP contribution in [0.1, 0.15) is 12.8 Å². The summed E-state index contributed by atoms with van der Waals surface area (Å²) < 4.78 is 10.3. The highest BCUT2D eigenvalue weighted by atomic mass is 28.3. The molecule has 0 aromatic rings. The first-order valence-electron chi connectivity index (χ1n) is 6.74. The molecule has 19 heavy (non-hydrogen) atoms. The second-order valence-electron chi connectivity index (χ2n) is 6.24. The van der Waals surface area contributed by atoms with Crippen molar-refractivity contribution in [2.75, 3.05) is 13.2 Å². The summed E-state index contributed by atoms with van der Waals surface area (Å²) in [6.45, 7) is 7.85. The molecule has 1 amide bonds. The summed E-state index contributed by atoms with van der Waals surface area (Å²) in [6.07, 6.45) is 2.81. The Labute approximate surface area is 114 Å². The molecule has 2 rings (SSSR count). The van der Waals surface area contributed by atoms with Gasteiger partial charge in [-0.15, -0.1) is 0 Å². The van der Waals surface area contributed by atoms with Crippen LogP contribution in [0.25, 0.3) is 0 Å². The average Bonchev–Trinajstić information content (AvgIpc) is 2.83. The summed E-state index contributed by atoms with van der Waals surface area (Å²) in [5.74, 6) is 0.0373. The summed E-state index contributed by atoms with van der Waals surface area (Å²) in [5.41, 5.74) is 0. The third-order valence-electron chi connectivity index (χ3n) is 3.38. The molecule has 1 atom stereocenters. The van der Waals surface area contributed by atoms with Crippen molar-refractivity contribution in [3.63, 3.8) is 0 Å². The summed E-state index contributed by atoms with van der Waals surface area (Å²) in [5, 5.41) is 0. The number of nitrogens with zero attached hydrogens (tertiary/aromatic N) is 1. The average molecular weight is 283 g/mol. The van der Waals surface area contributed by atoms with Crippen LogP contribution in [0.3, 0.4) is 0 Å². The Hall–Kier alpha value is -1.30. The van der Waals surface area contributed by atoms with Gasteiger partial charge >= 0.3 is 12.1 Å². The summed E-state index contributed by atoms with van der Waals surface area (Å²) in [7, 11) is -1.19. The number of fused-ring (bicyclic) bond motifs is 1. The van der Waals surface area contributed by atoms with Crippen molar-refractivity contribution >= 4 is 20.1 Å². The van der Waals surface area contributed by atoms with Crippen molar-refractivity contribution in [3.8, 4) is 0 Å². The van der Waals surface area contributed by atoms with Gasteiger partial charge in [-0.1, -0.05) is 19.6 Å². The molecule has 2 fully saturated rings. The van der Waals surface area contributed by atoms with Gasteiger partial charge in [0.1, 0.15) is 5.76 Å². The second-order valence-corrected chi connectivity index (χ2v) is 11.9. The Morgan fingerprint density at radius 3 is 2.95 bits per heavy atom. The lowest BCUT2D eigenvalue weighted by molar-refractivity contribution is -0.137. The molecule has 0 unspecified atom stereocenters. The third-order valence-corrected chi connectivity index (χ3v) is 5.08. The van der Waals surface area contributed by atoms with E-state index >= 15 is 0 Å². The van der Waals surface area contributed by atoms with Crippen LogP contribution in [-0.2, 0) is 14.3 Å². The van der Waals surface area contributed by atoms with Crippen molar-refractivity contribution in [3.05, 3.63) is 11.8 Å².